The van der Waals surface area contributed by atoms with Crippen molar-refractivity contribution in [1.82, 2.24) is 15.1 Å². The Balaban J connectivity index is 2.68. The molecule has 1 heterocycles. The van der Waals surface area contributed by atoms with E-state index in [4.69, 9.17) is 4.74 Å². The maximum absolute atomic E-state index is 5.61. The lowest BCUT2D eigenvalue weighted by Crippen LogP contribution is -2.27. The lowest BCUT2D eigenvalue weighted by molar-refractivity contribution is 0.110. The van der Waals surface area contributed by atoms with Gasteiger partial charge in [-0.1, -0.05) is 13.8 Å². The van der Waals surface area contributed by atoms with Gasteiger partial charge in [0.05, 0.1) is 29.0 Å². The highest BCUT2D eigenvalue weighted by Crippen LogP contribution is 2.22. The molecule has 1 aromatic heterocycles. The van der Waals surface area contributed by atoms with Crippen LogP contribution in [0.5, 0.6) is 0 Å². The number of hydrogen-bond acceptors (Lipinski definition) is 3. The summed E-state index contributed by atoms with van der Waals surface area (Å²) in [6.45, 7) is 6.61. The summed E-state index contributed by atoms with van der Waals surface area (Å²) in [5.41, 5.74) is 1.14. The van der Waals surface area contributed by atoms with Crippen molar-refractivity contribution in [3.05, 3.63) is 16.4 Å². The van der Waals surface area contributed by atoms with Crippen molar-refractivity contribution in [2.75, 3.05) is 19.8 Å². The molecule has 1 unspecified atom stereocenters. The fraction of sp³-hybridized carbons (Fsp3) is 0.727. The molecule has 1 rings (SSSR count). The number of nitrogens with one attached hydrogen (secondary N) is 1. The molecule has 0 saturated carbocycles. The summed E-state index contributed by atoms with van der Waals surface area (Å²) in [5, 5.41) is 7.63. The van der Waals surface area contributed by atoms with E-state index in [1.807, 2.05) is 17.9 Å². The molecule has 1 N–H and O–H groups in total. The van der Waals surface area contributed by atoms with E-state index in [0.29, 0.717) is 6.61 Å². The smallest absolute Gasteiger partial charge is 0.0740 e. The lowest BCUT2D eigenvalue weighted by atomic mass is 10.2. The Morgan fingerprint density at radius 3 is 2.81 bits per heavy atom. The molecule has 0 spiro atoms. The number of nitrogens with zero attached hydrogens (tertiary/aromatic N) is 2. The third kappa shape index (κ3) is 3.57. The van der Waals surface area contributed by atoms with Crippen LogP contribution in [-0.2, 0) is 11.8 Å². The highest BCUT2D eigenvalue weighted by atomic mass is 79.9. The molecule has 0 radical (unpaired) electrons. The fourth-order valence-corrected chi connectivity index (χ4v) is 2.26. The molecule has 5 heteroatoms. The highest BCUT2D eigenvalue weighted by Gasteiger charge is 2.17. The highest BCUT2D eigenvalue weighted by molar-refractivity contribution is 9.10. The van der Waals surface area contributed by atoms with E-state index in [9.17, 15) is 0 Å². The van der Waals surface area contributed by atoms with E-state index in [1.54, 1.807) is 0 Å². The maximum Gasteiger partial charge on any atom is 0.0740 e. The number of rotatable bonds is 7. The monoisotopic (exact) mass is 289 g/mol. The van der Waals surface area contributed by atoms with Gasteiger partial charge in [0, 0.05) is 13.7 Å². The average molecular weight is 290 g/mol. The van der Waals surface area contributed by atoms with Gasteiger partial charge in [-0.15, -0.1) is 0 Å². The van der Waals surface area contributed by atoms with Gasteiger partial charge in [0.2, 0.25) is 0 Å². The first kappa shape index (κ1) is 13.7. The van der Waals surface area contributed by atoms with Crippen LogP contribution in [0.15, 0.2) is 10.7 Å². The minimum absolute atomic E-state index is 0.193. The molecule has 0 aliphatic rings. The van der Waals surface area contributed by atoms with Crippen molar-refractivity contribution in [3.63, 3.8) is 0 Å². The molecule has 0 aromatic carbocycles. The van der Waals surface area contributed by atoms with Gasteiger partial charge in [0.15, 0.2) is 0 Å². The predicted octanol–water partition coefficient (Wildman–Crippen LogP) is 2.26. The van der Waals surface area contributed by atoms with Crippen LogP contribution >= 0.6 is 15.9 Å². The van der Waals surface area contributed by atoms with Crippen molar-refractivity contribution < 1.29 is 4.74 Å². The Morgan fingerprint density at radius 1 is 1.56 bits per heavy atom. The van der Waals surface area contributed by atoms with Crippen molar-refractivity contribution in [2.24, 2.45) is 7.05 Å². The molecular formula is C11H20BrN3O. The van der Waals surface area contributed by atoms with Gasteiger partial charge in [-0.2, -0.15) is 5.10 Å². The molecule has 0 amide bonds. The first-order valence-corrected chi connectivity index (χ1v) is 6.48. The first-order valence-electron chi connectivity index (χ1n) is 5.69. The van der Waals surface area contributed by atoms with Gasteiger partial charge in [0.25, 0.3) is 0 Å². The fourth-order valence-electron chi connectivity index (χ4n) is 1.64. The van der Waals surface area contributed by atoms with Crippen LogP contribution in [0.2, 0.25) is 0 Å². The predicted molar refractivity (Wildman–Crippen MR) is 68.4 cm³/mol. The summed E-state index contributed by atoms with van der Waals surface area (Å²) in [6.07, 6.45) is 2.87. The van der Waals surface area contributed by atoms with Crippen molar-refractivity contribution in [3.8, 4) is 0 Å². The molecule has 1 aromatic rings. The van der Waals surface area contributed by atoms with E-state index in [1.165, 1.54) is 0 Å². The molecular weight excluding hydrogens is 270 g/mol. The summed E-state index contributed by atoms with van der Waals surface area (Å²) < 4.78 is 8.52. The van der Waals surface area contributed by atoms with Crippen LogP contribution < -0.4 is 5.32 Å². The molecule has 1 atom stereocenters. The molecule has 92 valence electrons. The molecule has 16 heavy (non-hydrogen) atoms. The summed E-state index contributed by atoms with van der Waals surface area (Å²) in [6, 6.07) is 0.193. The number of aromatic nitrogens is 2. The van der Waals surface area contributed by atoms with Gasteiger partial charge in [0.1, 0.15) is 0 Å². The van der Waals surface area contributed by atoms with Gasteiger partial charge >= 0.3 is 0 Å². The van der Waals surface area contributed by atoms with E-state index in [-0.39, 0.29) is 6.04 Å². The number of ether oxygens (including phenoxy) is 1. The number of halogens is 1. The normalized spacial score (nSPS) is 13.0. The quantitative estimate of drug-likeness (QED) is 0.783. The van der Waals surface area contributed by atoms with Crippen molar-refractivity contribution in [2.45, 2.75) is 26.3 Å². The zero-order valence-electron chi connectivity index (χ0n) is 10.2. The minimum Gasteiger partial charge on any atom is -0.379 e. The van der Waals surface area contributed by atoms with Crippen LogP contribution in [0, 0.1) is 0 Å². The number of hydrogen-bond donors (Lipinski definition) is 1. The molecule has 0 saturated heterocycles. The van der Waals surface area contributed by atoms with Crippen LogP contribution in [0.1, 0.15) is 32.0 Å². The van der Waals surface area contributed by atoms with E-state index < -0.39 is 0 Å². The van der Waals surface area contributed by atoms with E-state index in [0.717, 1.165) is 29.7 Å². The Labute approximate surface area is 105 Å². The summed E-state index contributed by atoms with van der Waals surface area (Å²) in [4.78, 5) is 0. The third-order valence-electron chi connectivity index (χ3n) is 2.35. The summed E-state index contributed by atoms with van der Waals surface area (Å²) in [7, 11) is 1.95. The Bertz CT molecular complexity index is 295. The zero-order valence-corrected chi connectivity index (χ0v) is 11.7. The lowest BCUT2D eigenvalue weighted by Gasteiger charge is -2.18. The van der Waals surface area contributed by atoms with E-state index in [2.05, 4.69) is 40.2 Å². The standard InChI is InChI=1S/C11H20BrN3O/c1-4-6-16-8-10(13-5-2)11-9(12)7-14-15(11)3/h7,10,13H,4-6,8H2,1-3H3. The van der Waals surface area contributed by atoms with Gasteiger partial charge in [-0.3, -0.25) is 4.68 Å². The Hall–Kier alpha value is -0.390. The molecule has 0 bridgehead atoms. The molecule has 0 aliphatic heterocycles. The summed E-state index contributed by atoms with van der Waals surface area (Å²) >= 11 is 3.52. The largest absolute Gasteiger partial charge is 0.379 e. The molecule has 0 aliphatic carbocycles. The number of aryl methyl sites for hydroxylation is 1. The van der Waals surface area contributed by atoms with Crippen LogP contribution in [0.3, 0.4) is 0 Å². The van der Waals surface area contributed by atoms with E-state index >= 15 is 0 Å². The first-order chi connectivity index (χ1) is 7.70. The second-order valence-electron chi connectivity index (χ2n) is 3.69. The minimum atomic E-state index is 0.193. The van der Waals surface area contributed by atoms with Crippen molar-refractivity contribution in [1.29, 1.82) is 0 Å². The van der Waals surface area contributed by atoms with Crippen LogP contribution in [-0.4, -0.2) is 29.5 Å². The SMILES string of the molecule is CCCOCC(NCC)c1c(Br)cnn1C. The summed E-state index contributed by atoms with van der Waals surface area (Å²) in [5.74, 6) is 0. The number of likely N-dealkylation sites (N-methyl/N-ethyl adjacent to an activating group) is 1. The zero-order chi connectivity index (χ0) is 12.0. The van der Waals surface area contributed by atoms with Crippen molar-refractivity contribution >= 4 is 15.9 Å². The van der Waals surface area contributed by atoms with Gasteiger partial charge in [-0.05, 0) is 28.9 Å². The second kappa shape index (κ2) is 7.04. The molecule has 0 fully saturated rings. The second-order valence-corrected chi connectivity index (χ2v) is 4.54. The maximum atomic E-state index is 5.61. The molecule has 4 nitrogen and oxygen atoms in total. The van der Waals surface area contributed by atoms with Crippen LogP contribution in [0.4, 0.5) is 0 Å². The van der Waals surface area contributed by atoms with Gasteiger partial charge < -0.3 is 10.1 Å². The Morgan fingerprint density at radius 2 is 2.31 bits per heavy atom. The van der Waals surface area contributed by atoms with Gasteiger partial charge in [-0.25, -0.2) is 0 Å². The Kier molecular flexibility index (Phi) is 6.01. The van der Waals surface area contributed by atoms with Crippen LogP contribution in [0.25, 0.3) is 0 Å². The topological polar surface area (TPSA) is 39.1 Å². The third-order valence-corrected chi connectivity index (χ3v) is 2.96. The average Bonchev–Trinajstić information content (AvgIpc) is 2.58.